The van der Waals surface area contributed by atoms with Gasteiger partial charge in [0.15, 0.2) is 5.82 Å². The van der Waals surface area contributed by atoms with Gasteiger partial charge in [0, 0.05) is 37.8 Å². The van der Waals surface area contributed by atoms with Crippen molar-refractivity contribution in [1.82, 2.24) is 14.5 Å². The molecule has 0 unspecified atom stereocenters. The van der Waals surface area contributed by atoms with Crippen LogP contribution in [0.3, 0.4) is 0 Å². The van der Waals surface area contributed by atoms with E-state index in [2.05, 4.69) is 10.2 Å². The first-order chi connectivity index (χ1) is 15.8. The van der Waals surface area contributed by atoms with Crippen molar-refractivity contribution in [3.63, 3.8) is 0 Å². The second-order valence-electron chi connectivity index (χ2n) is 7.31. The number of nitrogens with zero attached hydrogens (tertiary/aromatic N) is 4. The molecule has 2 heterocycles. The van der Waals surface area contributed by atoms with E-state index in [1.54, 1.807) is 44.6 Å². The maximum Gasteiger partial charge on any atom is 0.246 e. The van der Waals surface area contributed by atoms with Crippen molar-refractivity contribution in [3.8, 4) is 22.8 Å². The number of anilines is 1. The molecule has 0 saturated carbocycles. The largest absolute Gasteiger partial charge is 0.497 e. The molecule has 1 aromatic heterocycles. The number of sulfonamides is 1. The van der Waals surface area contributed by atoms with E-state index in [-0.39, 0.29) is 13.1 Å². The zero-order chi connectivity index (χ0) is 23.6. The number of benzene rings is 2. The van der Waals surface area contributed by atoms with E-state index < -0.39 is 26.6 Å². The van der Waals surface area contributed by atoms with Gasteiger partial charge in [-0.05, 0) is 42.5 Å². The predicted molar refractivity (Wildman–Crippen MR) is 118 cm³/mol. The first kappa shape index (κ1) is 22.9. The van der Waals surface area contributed by atoms with Crippen LogP contribution in [0.5, 0.6) is 11.5 Å². The lowest BCUT2D eigenvalue weighted by atomic mass is 10.1. The summed E-state index contributed by atoms with van der Waals surface area (Å²) in [5.74, 6) is -0.0568. The molecular formula is C22H22F2N4O4S. The van der Waals surface area contributed by atoms with Crippen LogP contribution in [0, 0.1) is 11.6 Å². The number of piperazine rings is 1. The summed E-state index contributed by atoms with van der Waals surface area (Å²) >= 11 is 0. The summed E-state index contributed by atoms with van der Waals surface area (Å²) in [6.45, 7) is 0.954. The zero-order valence-electron chi connectivity index (χ0n) is 18.0. The molecule has 1 fully saturated rings. The van der Waals surface area contributed by atoms with Crippen molar-refractivity contribution >= 4 is 15.8 Å². The predicted octanol–water partition coefficient (Wildman–Crippen LogP) is 2.95. The Labute approximate surface area is 190 Å². The second-order valence-corrected chi connectivity index (χ2v) is 9.22. The van der Waals surface area contributed by atoms with Crippen molar-refractivity contribution in [2.75, 3.05) is 45.3 Å². The molecule has 174 valence electrons. The fraction of sp³-hybridized carbons (Fsp3) is 0.273. The molecule has 0 aliphatic carbocycles. The topological polar surface area (TPSA) is 84.9 Å². The minimum absolute atomic E-state index is 0.131. The van der Waals surface area contributed by atoms with E-state index in [1.165, 1.54) is 4.31 Å². The standard InChI is InChI=1S/C22H22F2N4O4S/c1-31-16-4-6-20(32-2)17(14-16)19-5-8-22(26-25-19)27-9-11-28(12-10-27)33(29,30)21-7-3-15(23)13-18(21)24/h3-8,13-14H,9-12H2,1-2H3. The lowest BCUT2D eigenvalue weighted by Gasteiger charge is -2.34. The fourth-order valence-electron chi connectivity index (χ4n) is 3.63. The summed E-state index contributed by atoms with van der Waals surface area (Å²) in [7, 11) is -0.927. The molecule has 8 nitrogen and oxygen atoms in total. The van der Waals surface area contributed by atoms with Crippen LogP contribution in [-0.2, 0) is 10.0 Å². The number of ether oxygens (including phenoxy) is 2. The quantitative estimate of drug-likeness (QED) is 0.541. The molecule has 0 amide bonds. The summed E-state index contributed by atoms with van der Waals surface area (Å²) in [6, 6.07) is 11.4. The van der Waals surface area contributed by atoms with Crippen molar-refractivity contribution in [3.05, 3.63) is 60.2 Å². The molecule has 0 bridgehead atoms. The van der Waals surface area contributed by atoms with Gasteiger partial charge in [-0.2, -0.15) is 4.31 Å². The number of hydrogen-bond donors (Lipinski definition) is 0. The van der Waals surface area contributed by atoms with E-state index in [9.17, 15) is 17.2 Å². The van der Waals surface area contributed by atoms with Crippen LogP contribution in [0.1, 0.15) is 0 Å². The average Bonchev–Trinajstić information content (AvgIpc) is 2.83. The first-order valence-corrected chi connectivity index (χ1v) is 11.5. The Balaban J connectivity index is 1.48. The van der Waals surface area contributed by atoms with Crippen LogP contribution < -0.4 is 14.4 Å². The molecule has 1 aliphatic heterocycles. The smallest absolute Gasteiger partial charge is 0.246 e. The molecule has 11 heteroatoms. The summed E-state index contributed by atoms with van der Waals surface area (Å²) in [5, 5.41) is 8.59. The van der Waals surface area contributed by atoms with Crippen molar-refractivity contribution in [2.45, 2.75) is 4.90 Å². The third kappa shape index (κ3) is 4.60. The van der Waals surface area contributed by atoms with Crippen molar-refractivity contribution in [1.29, 1.82) is 0 Å². The zero-order valence-corrected chi connectivity index (χ0v) is 18.8. The molecule has 4 rings (SSSR count). The lowest BCUT2D eigenvalue weighted by molar-refractivity contribution is 0.380. The number of aromatic nitrogens is 2. The Hall–Kier alpha value is -3.31. The molecule has 0 radical (unpaired) electrons. The number of rotatable bonds is 6. The molecule has 0 N–H and O–H groups in total. The van der Waals surface area contributed by atoms with Crippen LogP contribution in [-0.4, -0.2) is 63.3 Å². The van der Waals surface area contributed by atoms with Gasteiger partial charge in [0.2, 0.25) is 10.0 Å². The Kier molecular flexibility index (Phi) is 6.43. The number of methoxy groups -OCH3 is 2. The van der Waals surface area contributed by atoms with Gasteiger partial charge in [0.1, 0.15) is 28.0 Å². The first-order valence-electron chi connectivity index (χ1n) is 10.1. The van der Waals surface area contributed by atoms with Crippen molar-refractivity contribution < 1.29 is 26.7 Å². The maximum atomic E-state index is 14.0. The van der Waals surface area contributed by atoms with Crippen LogP contribution in [0.4, 0.5) is 14.6 Å². The molecule has 1 aliphatic rings. The highest BCUT2D eigenvalue weighted by atomic mass is 32.2. The van der Waals surface area contributed by atoms with E-state index in [0.717, 1.165) is 17.7 Å². The van der Waals surface area contributed by atoms with Crippen LogP contribution in [0.2, 0.25) is 0 Å². The summed E-state index contributed by atoms with van der Waals surface area (Å²) in [5.41, 5.74) is 1.33. The van der Waals surface area contributed by atoms with Gasteiger partial charge in [-0.15, -0.1) is 10.2 Å². The minimum Gasteiger partial charge on any atom is -0.497 e. The van der Waals surface area contributed by atoms with E-state index in [0.29, 0.717) is 42.2 Å². The fourth-order valence-corrected chi connectivity index (χ4v) is 5.10. The van der Waals surface area contributed by atoms with Gasteiger partial charge < -0.3 is 14.4 Å². The van der Waals surface area contributed by atoms with Gasteiger partial charge in [-0.1, -0.05) is 0 Å². The minimum atomic E-state index is -4.07. The molecular weight excluding hydrogens is 454 g/mol. The third-order valence-corrected chi connectivity index (χ3v) is 7.34. The highest BCUT2D eigenvalue weighted by Crippen LogP contribution is 2.32. The average molecular weight is 477 g/mol. The summed E-state index contributed by atoms with van der Waals surface area (Å²) < 4.78 is 64.6. The Morgan fingerprint density at radius 1 is 0.879 bits per heavy atom. The SMILES string of the molecule is COc1ccc(OC)c(-c2ccc(N3CCN(S(=O)(=O)c4ccc(F)cc4F)CC3)nn2)c1. The van der Waals surface area contributed by atoms with Crippen molar-refractivity contribution in [2.24, 2.45) is 0 Å². The number of hydrogen-bond acceptors (Lipinski definition) is 7. The maximum absolute atomic E-state index is 14.0. The molecule has 2 aromatic carbocycles. The Morgan fingerprint density at radius 2 is 1.64 bits per heavy atom. The van der Waals surface area contributed by atoms with Crippen LogP contribution in [0.15, 0.2) is 53.4 Å². The molecule has 3 aromatic rings. The second kappa shape index (κ2) is 9.28. The van der Waals surface area contributed by atoms with Gasteiger partial charge in [0.25, 0.3) is 0 Å². The van der Waals surface area contributed by atoms with E-state index >= 15 is 0 Å². The Bertz CT molecular complexity index is 1250. The lowest BCUT2D eigenvalue weighted by Crippen LogP contribution is -2.49. The van der Waals surface area contributed by atoms with Gasteiger partial charge in [-0.25, -0.2) is 17.2 Å². The molecule has 0 atom stereocenters. The highest BCUT2D eigenvalue weighted by Gasteiger charge is 2.31. The molecule has 0 spiro atoms. The molecule has 1 saturated heterocycles. The van der Waals surface area contributed by atoms with Crippen LogP contribution in [0.25, 0.3) is 11.3 Å². The monoisotopic (exact) mass is 476 g/mol. The Morgan fingerprint density at radius 3 is 2.24 bits per heavy atom. The van der Waals surface area contributed by atoms with Gasteiger partial charge in [-0.3, -0.25) is 0 Å². The highest BCUT2D eigenvalue weighted by molar-refractivity contribution is 7.89. The molecule has 33 heavy (non-hydrogen) atoms. The third-order valence-electron chi connectivity index (χ3n) is 5.41. The van der Waals surface area contributed by atoms with Gasteiger partial charge >= 0.3 is 0 Å². The van der Waals surface area contributed by atoms with Crippen LogP contribution >= 0.6 is 0 Å². The van der Waals surface area contributed by atoms with E-state index in [1.807, 2.05) is 4.90 Å². The normalized spacial score (nSPS) is 14.8. The van der Waals surface area contributed by atoms with Gasteiger partial charge in [0.05, 0.1) is 19.9 Å². The van der Waals surface area contributed by atoms with E-state index in [4.69, 9.17) is 9.47 Å². The number of halogens is 2. The summed E-state index contributed by atoms with van der Waals surface area (Å²) in [4.78, 5) is 1.36. The summed E-state index contributed by atoms with van der Waals surface area (Å²) in [6.07, 6.45) is 0.